The lowest BCUT2D eigenvalue weighted by atomic mass is 10.0. The number of phenolic OH excluding ortho intramolecular Hbond substituents is 1. The molecule has 0 radical (unpaired) electrons. The second-order valence-corrected chi connectivity index (χ2v) is 14.5. The quantitative estimate of drug-likeness (QED) is 0.0415. The van der Waals surface area contributed by atoms with E-state index in [1.165, 1.54) is 54.2 Å². The van der Waals surface area contributed by atoms with Gasteiger partial charge in [0.15, 0.2) is 0 Å². The van der Waals surface area contributed by atoms with Crippen molar-refractivity contribution in [3.8, 4) is 5.75 Å². The average molecular weight is 867 g/mol. The minimum atomic E-state index is -1.58. The first-order valence-electron chi connectivity index (χ1n) is 19.5. The number of benzene rings is 1. The second-order valence-electron chi connectivity index (χ2n) is 14.5. The SMILES string of the molecule is NC(=O)CC[C@H](NC(=O)[C@H](CCC(=O)O)NC(=O)[C@@H](N)Cc1ccc(O)cc1)C(=O)N[C@@H](Cc1cnc[nH]1)C(=O)N[C@@H](Cc1cnc[nH]1)C(=O)N1CCC[C@H]1C(=O)NCC(=O)O. The zero-order valence-corrected chi connectivity index (χ0v) is 33.4. The van der Waals surface area contributed by atoms with E-state index in [2.05, 4.69) is 46.5 Å². The van der Waals surface area contributed by atoms with Crippen LogP contribution in [0, 0.1) is 0 Å². The molecule has 7 amide bonds. The Morgan fingerprint density at radius 3 is 1.81 bits per heavy atom. The van der Waals surface area contributed by atoms with Crippen LogP contribution in [0.5, 0.6) is 5.75 Å². The van der Waals surface area contributed by atoms with E-state index in [4.69, 9.17) is 16.6 Å². The number of aromatic hydroxyl groups is 1. The molecule has 1 saturated heterocycles. The van der Waals surface area contributed by atoms with E-state index in [9.17, 15) is 53.4 Å². The predicted molar refractivity (Wildman–Crippen MR) is 213 cm³/mol. The van der Waals surface area contributed by atoms with E-state index in [0.717, 1.165) is 0 Å². The first-order valence-corrected chi connectivity index (χ1v) is 19.5. The van der Waals surface area contributed by atoms with Gasteiger partial charge >= 0.3 is 11.9 Å². The fraction of sp³-hybridized carbons (Fsp3) is 0.447. The van der Waals surface area contributed by atoms with E-state index >= 15 is 0 Å². The molecule has 1 aliphatic heterocycles. The number of carbonyl (C=O) groups excluding carboxylic acids is 7. The van der Waals surface area contributed by atoms with E-state index in [1.54, 1.807) is 0 Å². The van der Waals surface area contributed by atoms with Gasteiger partial charge in [0.25, 0.3) is 0 Å². The summed E-state index contributed by atoms with van der Waals surface area (Å²) in [7, 11) is 0. The molecule has 1 fully saturated rings. The summed E-state index contributed by atoms with van der Waals surface area (Å²) >= 11 is 0. The Hall–Kier alpha value is -7.37. The number of hydrogen-bond donors (Lipinski definition) is 12. The van der Waals surface area contributed by atoms with E-state index in [0.29, 0.717) is 23.4 Å². The number of aliphatic carboxylic acids is 2. The van der Waals surface area contributed by atoms with Crippen LogP contribution < -0.4 is 38.1 Å². The Kier molecular flexibility index (Phi) is 17.4. The van der Waals surface area contributed by atoms with Crippen molar-refractivity contribution in [2.75, 3.05) is 13.1 Å². The molecule has 0 saturated carbocycles. The minimum absolute atomic E-state index is 0.0138. The number of H-pyrrole nitrogens is 2. The van der Waals surface area contributed by atoms with Crippen molar-refractivity contribution < 1.29 is 58.5 Å². The van der Waals surface area contributed by atoms with Gasteiger partial charge in [-0.3, -0.25) is 43.2 Å². The summed E-state index contributed by atoms with van der Waals surface area (Å²) in [4.78, 5) is 131. The highest BCUT2D eigenvalue weighted by atomic mass is 16.4. The summed E-state index contributed by atoms with van der Waals surface area (Å²) < 4.78 is 0. The number of primary amides is 1. The highest BCUT2D eigenvalue weighted by Gasteiger charge is 2.39. The molecule has 334 valence electrons. The monoisotopic (exact) mass is 866 g/mol. The molecule has 1 aliphatic rings. The van der Waals surface area contributed by atoms with Crippen LogP contribution in [0.2, 0.25) is 0 Å². The van der Waals surface area contributed by atoms with Crippen molar-refractivity contribution in [3.63, 3.8) is 0 Å². The van der Waals surface area contributed by atoms with Crippen LogP contribution in [-0.4, -0.2) is 143 Å². The molecule has 0 unspecified atom stereocenters. The molecule has 14 N–H and O–H groups in total. The number of carbonyl (C=O) groups is 9. The molecule has 62 heavy (non-hydrogen) atoms. The van der Waals surface area contributed by atoms with Gasteiger partial charge in [-0.05, 0) is 49.8 Å². The molecular formula is C38H50N12O12. The summed E-state index contributed by atoms with van der Waals surface area (Å²) in [6.07, 6.45) is 3.85. The van der Waals surface area contributed by atoms with Crippen LogP contribution in [-0.2, 0) is 62.4 Å². The zero-order chi connectivity index (χ0) is 45.3. The Balaban J connectivity index is 1.55. The third-order valence-corrected chi connectivity index (χ3v) is 9.78. The molecule has 0 bridgehead atoms. The lowest BCUT2D eigenvalue weighted by Crippen LogP contribution is -2.60. The number of hydrogen-bond acceptors (Lipinski definition) is 13. The smallest absolute Gasteiger partial charge is 0.322 e. The van der Waals surface area contributed by atoms with Crippen LogP contribution in [0.3, 0.4) is 0 Å². The first-order chi connectivity index (χ1) is 29.5. The van der Waals surface area contributed by atoms with Crippen molar-refractivity contribution in [1.29, 1.82) is 0 Å². The highest BCUT2D eigenvalue weighted by Crippen LogP contribution is 2.20. The normalized spacial score (nSPS) is 15.8. The number of amides is 7. The number of carboxylic acid groups (broad SMARTS) is 2. The van der Waals surface area contributed by atoms with Gasteiger partial charge in [-0.15, -0.1) is 0 Å². The van der Waals surface area contributed by atoms with Crippen LogP contribution >= 0.6 is 0 Å². The molecule has 0 spiro atoms. The molecule has 24 nitrogen and oxygen atoms in total. The van der Waals surface area contributed by atoms with Crippen LogP contribution in [0.4, 0.5) is 0 Å². The highest BCUT2D eigenvalue weighted by molar-refractivity contribution is 5.97. The number of nitrogens with zero attached hydrogens (tertiary/aromatic N) is 3. The Morgan fingerprint density at radius 1 is 0.726 bits per heavy atom. The van der Waals surface area contributed by atoms with Crippen molar-refractivity contribution in [2.45, 2.75) is 94.0 Å². The van der Waals surface area contributed by atoms with Gasteiger partial charge in [0.1, 0.15) is 42.5 Å². The maximum atomic E-state index is 14.2. The largest absolute Gasteiger partial charge is 0.508 e. The van der Waals surface area contributed by atoms with Crippen molar-refractivity contribution in [1.82, 2.24) is 51.4 Å². The van der Waals surface area contributed by atoms with Crippen molar-refractivity contribution in [2.24, 2.45) is 11.5 Å². The number of likely N-dealkylation sites (tertiary alicyclic amines) is 1. The first kappa shape index (κ1) is 47.3. The summed E-state index contributed by atoms with van der Waals surface area (Å²) in [5.74, 6) is -8.58. The number of phenols is 1. The van der Waals surface area contributed by atoms with Gasteiger partial charge in [0.2, 0.25) is 41.4 Å². The summed E-state index contributed by atoms with van der Waals surface area (Å²) in [5, 5.41) is 40.3. The summed E-state index contributed by atoms with van der Waals surface area (Å²) in [6, 6.07) is -2.35. The fourth-order valence-corrected chi connectivity index (χ4v) is 6.59. The third kappa shape index (κ3) is 14.7. The number of aromatic nitrogens is 4. The molecular weight excluding hydrogens is 816 g/mol. The Bertz CT molecular complexity index is 2040. The lowest BCUT2D eigenvalue weighted by molar-refractivity contribution is -0.143. The van der Waals surface area contributed by atoms with Gasteiger partial charge in [0.05, 0.1) is 18.7 Å². The summed E-state index contributed by atoms with van der Waals surface area (Å²) in [6.45, 7) is -0.553. The van der Waals surface area contributed by atoms with Gasteiger partial charge < -0.3 is 68.2 Å². The second kappa shape index (κ2) is 22.8. The Morgan fingerprint density at radius 2 is 1.26 bits per heavy atom. The number of aromatic amines is 2. The number of nitrogens with two attached hydrogens (primary N) is 2. The molecule has 4 rings (SSSR count). The third-order valence-electron chi connectivity index (χ3n) is 9.78. The zero-order valence-electron chi connectivity index (χ0n) is 33.4. The number of imidazole rings is 2. The molecule has 3 heterocycles. The fourth-order valence-electron chi connectivity index (χ4n) is 6.59. The van der Waals surface area contributed by atoms with E-state index in [1.807, 2.05) is 0 Å². The van der Waals surface area contributed by atoms with E-state index in [-0.39, 0.29) is 38.0 Å². The van der Waals surface area contributed by atoms with Gasteiger partial charge in [-0.2, -0.15) is 0 Å². The van der Waals surface area contributed by atoms with Crippen LogP contribution in [0.25, 0.3) is 0 Å². The number of rotatable bonds is 24. The van der Waals surface area contributed by atoms with Crippen molar-refractivity contribution in [3.05, 3.63) is 66.3 Å². The molecule has 6 atom stereocenters. The number of carboxylic acids is 2. The van der Waals surface area contributed by atoms with Gasteiger partial charge in [0, 0.05) is 56.0 Å². The standard InChI is InChI=1S/C38H50N12O12/c39-24(12-20-3-5-23(51)6-4-20)33(57)46-26(8-10-31(53)54)34(58)47-25(7-9-30(40)52)35(59)48-27(13-21-15-41-18-44-21)36(60)49-28(14-22-16-42-19-45-22)38(62)50-11-1-2-29(50)37(61)43-17-32(55)56/h3-6,15-16,18-19,24-29,51H,1-2,7-14,17,39H2,(H2,40,52)(H,41,44)(H,42,45)(H,43,61)(H,46,57)(H,47,58)(H,48,59)(H,49,60)(H,53,54)(H,55,56)/t24-,25-,26-,27-,28-,29-/m0/s1. The van der Waals surface area contributed by atoms with Crippen LogP contribution in [0.15, 0.2) is 49.3 Å². The van der Waals surface area contributed by atoms with Gasteiger partial charge in [-0.1, -0.05) is 12.1 Å². The Labute approximate surface area is 353 Å². The van der Waals surface area contributed by atoms with Crippen molar-refractivity contribution >= 4 is 53.3 Å². The maximum absolute atomic E-state index is 14.2. The lowest BCUT2D eigenvalue weighted by Gasteiger charge is -2.30. The van der Waals surface area contributed by atoms with Crippen LogP contribution in [0.1, 0.15) is 55.5 Å². The van der Waals surface area contributed by atoms with E-state index < -0.39 is 122 Å². The molecule has 0 aliphatic carbocycles. The summed E-state index contributed by atoms with van der Waals surface area (Å²) in [5.41, 5.74) is 12.8. The average Bonchev–Trinajstić information content (AvgIpc) is 4.04. The predicted octanol–water partition coefficient (Wildman–Crippen LogP) is -3.55. The number of nitrogens with one attached hydrogen (secondary N) is 7. The molecule has 2 aromatic heterocycles. The molecule has 24 heteroatoms. The topological polar surface area (TPSA) is 387 Å². The minimum Gasteiger partial charge on any atom is -0.508 e. The maximum Gasteiger partial charge on any atom is 0.322 e. The molecule has 3 aromatic rings. The van der Waals surface area contributed by atoms with Gasteiger partial charge in [-0.25, -0.2) is 9.97 Å². The molecule has 1 aromatic carbocycles.